The van der Waals surface area contributed by atoms with Gasteiger partial charge in [0.1, 0.15) is 6.04 Å². The standard InChI is InChI=1S/C9H16N2O4/c1-6(8(12)13)10-9(14)11-7-2-4-15-5-3-7/h6-7H,2-5H2,1H3,(H,12,13)(H2,10,11,14)/t6-/m1/s1. The van der Waals surface area contributed by atoms with Gasteiger partial charge in [0.25, 0.3) is 0 Å². The maximum absolute atomic E-state index is 11.3. The van der Waals surface area contributed by atoms with Gasteiger partial charge in [-0.25, -0.2) is 4.79 Å². The number of hydrogen-bond donors (Lipinski definition) is 3. The Morgan fingerprint density at radius 2 is 2.00 bits per heavy atom. The molecular formula is C9H16N2O4. The molecule has 86 valence electrons. The molecule has 0 bridgehead atoms. The van der Waals surface area contributed by atoms with Crippen molar-refractivity contribution in [2.45, 2.75) is 31.8 Å². The number of hydrogen-bond acceptors (Lipinski definition) is 3. The average Bonchev–Trinajstić information content (AvgIpc) is 2.18. The van der Waals surface area contributed by atoms with Gasteiger partial charge < -0.3 is 20.5 Å². The number of urea groups is 1. The summed E-state index contributed by atoms with van der Waals surface area (Å²) < 4.78 is 5.13. The highest BCUT2D eigenvalue weighted by molar-refractivity contribution is 5.82. The van der Waals surface area contributed by atoms with Crippen LogP contribution in [0.3, 0.4) is 0 Å². The molecule has 1 atom stereocenters. The molecule has 6 heteroatoms. The molecular weight excluding hydrogens is 200 g/mol. The van der Waals surface area contributed by atoms with Crippen LogP contribution in [0, 0.1) is 0 Å². The molecule has 6 nitrogen and oxygen atoms in total. The Morgan fingerprint density at radius 1 is 1.40 bits per heavy atom. The summed E-state index contributed by atoms with van der Waals surface area (Å²) in [5.41, 5.74) is 0. The van der Waals surface area contributed by atoms with E-state index in [9.17, 15) is 9.59 Å². The van der Waals surface area contributed by atoms with Crippen molar-refractivity contribution in [1.29, 1.82) is 0 Å². The van der Waals surface area contributed by atoms with E-state index in [1.54, 1.807) is 0 Å². The fourth-order valence-corrected chi connectivity index (χ4v) is 1.33. The van der Waals surface area contributed by atoms with Gasteiger partial charge in [-0.05, 0) is 19.8 Å². The van der Waals surface area contributed by atoms with Crippen LogP contribution >= 0.6 is 0 Å². The van der Waals surface area contributed by atoms with Gasteiger partial charge in [0, 0.05) is 19.3 Å². The summed E-state index contributed by atoms with van der Waals surface area (Å²) in [5.74, 6) is -1.04. The second kappa shape index (κ2) is 5.55. The Labute approximate surface area is 88.0 Å². The number of nitrogens with one attached hydrogen (secondary N) is 2. The predicted molar refractivity (Wildman–Crippen MR) is 52.6 cm³/mol. The van der Waals surface area contributed by atoms with Crippen LogP contribution in [0.1, 0.15) is 19.8 Å². The van der Waals surface area contributed by atoms with Crippen LogP contribution in [0.5, 0.6) is 0 Å². The van der Waals surface area contributed by atoms with E-state index in [1.165, 1.54) is 6.92 Å². The van der Waals surface area contributed by atoms with Crippen LogP contribution in [0.25, 0.3) is 0 Å². The lowest BCUT2D eigenvalue weighted by Gasteiger charge is -2.23. The molecule has 2 amide bonds. The van der Waals surface area contributed by atoms with Crippen molar-refractivity contribution in [3.8, 4) is 0 Å². The average molecular weight is 216 g/mol. The summed E-state index contributed by atoms with van der Waals surface area (Å²) in [6, 6.07) is -1.22. The second-order valence-electron chi connectivity index (χ2n) is 3.56. The molecule has 1 aliphatic heterocycles. The van der Waals surface area contributed by atoms with Crippen LogP contribution in [0.4, 0.5) is 4.79 Å². The van der Waals surface area contributed by atoms with Gasteiger partial charge in [-0.3, -0.25) is 4.79 Å². The lowest BCUT2D eigenvalue weighted by Crippen LogP contribution is -2.49. The molecule has 0 aromatic carbocycles. The van der Waals surface area contributed by atoms with E-state index in [1.807, 2.05) is 0 Å². The third-order valence-corrected chi connectivity index (χ3v) is 2.27. The molecule has 1 heterocycles. The zero-order valence-electron chi connectivity index (χ0n) is 8.66. The SMILES string of the molecule is C[C@@H](NC(=O)NC1CCOCC1)C(=O)O. The van der Waals surface area contributed by atoms with Crippen molar-refractivity contribution in [3.63, 3.8) is 0 Å². The highest BCUT2D eigenvalue weighted by atomic mass is 16.5. The third kappa shape index (κ3) is 4.16. The van der Waals surface area contributed by atoms with Crippen LogP contribution < -0.4 is 10.6 Å². The number of amides is 2. The molecule has 0 saturated carbocycles. The number of ether oxygens (including phenoxy) is 1. The summed E-state index contributed by atoms with van der Waals surface area (Å²) in [7, 11) is 0. The van der Waals surface area contributed by atoms with Gasteiger partial charge in [-0.15, -0.1) is 0 Å². The van der Waals surface area contributed by atoms with E-state index < -0.39 is 18.0 Å². The molecule has 1 rings (SSSR count). The number of carboxylic acids is 1. The third-order valence-electron chi connectivity index (χ3n) is 2.27. The van der Waals surface area contributed by atoms with Crippen molar-refractivity contribution in [2.75, 3.05) is 13.2 Å². The topological polar surface area (TPSA) is 87.7 Å². The van der Waals surface area contributed by atoms with E-state index >= 15 is 0 Å². The molecule has 0 aromatic rings. The number of carboxylic acid groups (broad SMARTS) is 1. The van der Waals surface area contributed by atoms with Crippen LogP contribution in [0.2, 0.25) is 0 Å². The summed E-state index contributed by atoms with van der Waals surface area (Å²) in [5, 5.41) is 13.6. The van der Waals surface area contributed by atoms with E-state index in [2.05, 4.69) is 10.6 Å². The van der Waals surface area contributed by atoms with Crippen LogP contribution in [-0.4, -0.2) is 42.4 Å². The molecule has 0 radical (unpaired) electrons. The van der Waals surface area contributed by atoms with Crippen molar-refractivity contribution >= 4 is 12.0 Å². The summed E-state index contributed by atoms with van der Waals surface area (Å²) in [4.78, 5) is 21.8. The molecule has 3 N–H and O–H groups in total. The Morgan fingerprint density at radius 3 is 2.53 bits per heavy atom. The van der Waals surface area contributed by atoms with E-state index in [0.29, 0.717) is 13.2 Å². The first kappa shape index (κ1) is 11.8. The lowest BCUT2D eigenvalue weighted by molar-refractivity contribution is -0.138. The Kier molecular flexibility index (Phi) is 4.36. The summed E-state index contributed by atoms with van der Waals surface area (Å²) >= 11 is 0. The van der Waals surface area contributed by atoms with Crippen LogP contribution in [-0.2, 0) is 9.53 Å². The highest BCUT2D eigenvalue weighted by Crippen LogP contribution is 2.05. The molecule has 1 saturated heterocycles. The van der Waals surface area contributed by atoms with Crippen molar-refractivity contribution in [3.05, 3.63) is 0 Å². The van der Waals surface area contributed by atoms with E-state index in [4.69, 9.17) is 9.84 Å². The van der Waals surface area contributed by atoms with Crippen molar-refractivity contribution in [1.82, 2.24) is 10.6 Å². The quantitative estimate of drug-likeness (QED) is 0.616. The fraction of sp³-hybridized carbons (Fsp3) is 0.778. The summed E-state index contributed by atoms with van der Waals surface area (Å²) in [6.07, 6.45) is 1.55. The zero-order valence-corrected chi connectivity index (χ0v) is 8.66. The predicted octanol–water partition coefficient (Wildman–Crippen LogP) is -0.0623. The van der Waals surface area contributed by atoms with Gasteiger partial charge in [0.05, 0.1) is 0 Å². The Balaban J connectivity index is 2.25. The highest BCUT2D eigenvalue weighted by Gasteiger charge is 2.18. The molecule has 0 unspecified atom stereocenters. The maximum Gasteiger partial charge on any atom is 0.325 e. The smallest absolute Gasteiger partial charge is 0.325 e. The normalized spacial score (nSPS) is 19.3. The number of carbonyl (C=O) groups excluding carboxylic acids is 1. The molecule has 0 aromatic heterocycles. The first-order chi connectivity index (χ1) is 7.09. The first-order valence-electron chi connectivity index (χ1n) is 4.97. The first-order valence-corrected chi connectivity index (χ1v) is 4.97. The number of carbonyl (C=O) groups is 2. The Bertz CT molecular complexity index is 238. The van der Waals surface area contributed by atoms with Crippen molar-refractivity contribution < 1.29 is 19.4 Å². The Hall–Kier alpha value is -1.30. The molecule has 1 aliphatic rings. The summed E-state index contributed by atoms with van der Waals surface area (Å²) in [6.45, 7) is 2.70. The minimum Gasteiger partial charge on any atom is -0.480 e. The molecule has 15 heavy (non-hydrogen) atoms. The largest absolute Gasteiger partial charge is 0.480 e. The number of rotatable bonds is 3. The van der Waals surface area contributed by atoms with Gasteiger partial charge in [-0.2, -0.15) is 0 Å². The lowest BCUT2D eigenvalue weighted by atomic mass is 10.1. The monoisotopic (exact) mass is 216 g/mol. The minimum absolute atomic E-state index is 0.0831. The second-order valence-corrected chi connectivity index (χ2v) is 3.56. The van der Waals surface area contributed by atoms with Gasteiger partial charge in [0.15, 0.2) is 0 Å². The van der Waals surface area contributed by atoms with Gasteiger partial charge in [0.2, 0.25) is 0 Å². The van der Waals surface area contributed by atoms with Crippen LogP contribution in [0.15, 0.2) is 0 Å². The van der Waals surface area contributed by atoms with E-state index in [0.717, 1.165) is 12.8 Å². The molecule has 0 spiro atoms. The fourth-order valence-electron chi connectivity index (χ4n) is 1.33. The molecule has 1 fully saturated rings. The van der Waals surface area contributed by atoms with Gasteiger partial charge >= 0.3 is 12.0 Å². The maximum atomic E-state index is 11.3. The zero-order chi connectivity index (χ0) is 11.3. The van der Waals surface area contributed by atoms with E-state index in [-0.39, 0.29) is 6.04 Å². The number of aliphatic carboxylic acids is 1. The molecule has 0 aliphatic carbocycles. The van der Waals surface area contributed by atoms with Gasteiger partial charge in [-0.1, -0.05) is 0 Å². The van der Waals surface area contributed by atoms with Crippen molar-refractivity contribution in [2.24, 2.45) is 0 Å². The minimum atomic E-state index is -1.04.